The molecule has 0 aromatic carbocycles. The van der Waals surface area contributed by atoms with Gasteiger partial charge in [0.2, 0.25) is 11.8 Å². The van der Waals surface area contributed by atoms with Crippen molar-refractivity contribution in [2.24, 2.45) is 5.92 Å². The number of rotatable bonds is 5. The summed E-state index contributed by atoms with van der Waals surface area (Å²) in [7, 11) is 0. The fourth-order valence-electron chi connectivity index (χ4n) is 2.66. The van der Waals surface area contributed by atoms with Gasteiger partial charge >= 0.3 is 0 Å². The summed E-state index contributed by atoms with van der Waals surface area (Å²) in [6.45, 7) is 8.52. The van der Waals surface area contributed by atoms with E-state index in [2.05, 4.69) is 23.7 Å². The third-order valence-corrected chi connectivity index (χ3v) is 5.39. The summed E-state index contributed by atoms with van der Waals surface area (Å²) in [5.41, 5.74) is 1.27. The van der Waals surface area contributed by atoms with Gasteiger partial charge < -0.3 is 10.2 Å². The van der Waals surface area contributed by atoms with Crippen LogP contribution in [-0.2, 0) is 22.6 Å². The van der Waals surface area contributed by atoms with Gasteiger partial charge in [0.05, 0.1) is 6.54 Å². The first-order valence-electron chi connectivity index (χ1n) is 7.65. The summed E-state index contributed by atoms with van der Waals surface area (Å²) < 4.78 is 0. The smallest absolute Gasteiger partial charge is 0.246 e. The highest BCUT2D eigenvalue weighted by molar-refractivity contribution is 7.10. The van der Waals surface area contributed by atoms with Crippen LogP contribution in [0.25, 0.3) is 0 Å². The van der Waals surface area contributed by atoms with Crippen LogP contribution in [-0.4, -0.2) is 28.8 Å². The molecule has 0 saturated carbocycles. The Morgan fingerprint density at radius 2 is 2.10 bits per heavy atom. The minimum Gasteiger partial charge on any atom is -0.342 e. The SMILES string of the molecule is CCc1ccsc1CN1C(=O)C(C(C)CC)NC(=O)C1C. The maximum absolute atomic E-state index is 12.7. The van der Waals surface area contributed by atoms with Crippen LogP contribution in [0.5, 0.6) is 0 Å². The Morgan fingerprint density at radius 3 is 2.71 bits per heavy atom. The molecular weight excluding hydrogens is 284 g/mol. The van der Waals surface area contributed by atoms with Crippen molar-refractivity contribution in [3.8, 4) is 0 Å². The van der Waals surface area contributed by atoms with E-state index in [-0.39, 0.29) is 23.8 Å². The second kappa shape index (κ2) is 6.60. The summed E-state index contributed by atoms with van der Waals surface area (Å²) in [5.74, 6) is 0.159. The van der Waals surface area contributed by atoms with Gasteiger partial charge in [-0.05, 0) is 36.3 Å². The van der Waals surface area contributed by atoms with Crippen LogP contribution in [0.3, 0.4) is 0 Å². The minimum absolute atomic E-state index is 0.0468. The average Bonchev–Trinajstić information content (AvgIpc) is 2.93. The standard InChI is InChI=1S/C16H24N2O2S/c1-5-10(3)14-16(20)18(11(4)15(19)17-14)9-13-12(6-2)7-8-21-13/h7-8,10-11,14H,5-6,9H2,1-4H3,(H,17,19). The molecule has 0 bridgehead atoms. The lowest BCUT2D eigenvalue weighted by Gasteiger charge is -2.39. The molecule has 5 heteroatoms. The molecule has 3 atom stereocenters. The number of carbonyl (C=O) groups excluding carboxylic acids is 2. The highest BCUT2D eigenvalue weighted by Crippen LogP contribution is 2.24. The third-order valence-electron chi connectivity index (χ3n) is 4.44. The fraction of sp³-hybridized carbons (Fsp3) is 0.625. The molecule has 1 aliphatic heterocycles. The van der Waals surface area contributed by atoms with Gasteiger partial charge in [0.25, 0.3) is 0 Å². The van der Waals surface area contributed by atoms with Crippen LogP contribution in [0.15, 0.2) is 11.4 Å². The zero-order valence-electron chi connectivity index (χ0n) is 13.2. The van der Waals surface area contributed by atoms with Crippen molar-refractivity contribution in [2.45, 2.75) is 59.2 Å². The zero-order chi connectivity index (χ0) is 15.6. The monoisotopic (exact) mass is 308 g/mol. The van der Waals surface area contributed by atoms with Gasteiger partial charge in [0.1, 0.15) is 12.1 Å². The van der Waals surface area contributed by atoms with E-state index in [1.54, 1.807) is 23.2 Å². The second-order valence-electron chi connectivity index (χ2n) is 5.74. The van der Waals surface area contributed by atoms with Crippen molar-refractivity contribution in [3.05, 3.63) is 21.9 Å². The Labute approximate surface area is 130 Å². The second-order valence-corrected chi connectivity index (χ2v) is 6.74. The molecule has 1 aliphatic rings. The summed E-state index contributed by atoms with van der Waals surface area (Å²) in [6, 6.07) is 1.32. The molecule has 21 heavy (non-hydrogen) atoms. The van der Waals surface area contributed by atoms with Gasteiger partial charge in [-0.2, -0.15) is 0 Å². The van der Waals surface area contributed by atoms with Gasteiger partial charge in [-0.3, -0.25) is 9.59 Å². The van der Waals surface area contributed by atoms with Gasteiger partial charge in [-0.1, -0.05) is 27.2 Å². The summed E-state index contributed by atoms with van der Waals surface area (Å²) in [4.78, 5) is 27.8. The Kier molecular flexibility index (Phi) is 5.04. The van der Waals surface area contributed by atoms with Crippen LogP contribution in [0.4, 0.5) is 0 Å². The summed E-state index contributed by atoms with van der Waals surface area (Å²) in [6.07, 6.45) is 1.83. The molecule has 1 fully saturated rings. The van der Waals surface area contributed by atoms with Crippen molar-refractivity contribution >= 4 is 23.2 Å². The zero-order valence-corrected chi connectivity index (χ0v) is 14.0. The largest absolute Gasteiger partial charge is 0.342 e. The van der Waals surface area contributed by atoms with E-state index >= 15 is 0 Å². The lowest BCUT2D eigenvalue weighted by Crippen LogP contribution is -2.63. The first-order valence-corrected chi connectivity index (χ1v) is 8.53. The lowest BCUT2D eigenvalue weighted by atomic mass is 9.94. The molecular formula is C16H24N2O2S. The number of nitrogens with one attached hydrogen (secondary N) is 1. The van der Waals surface area contributed by atoms with Crippen molar-refractivity contribution in [1.82, 2.24) is 10.2 Å². The van der Waals surface area contributed by atoms with E-state index in [0.29, 0.717) is 6.54 Å². The van der Waals surface area contributed by atoms with E-state index in [4.69, 9.17) is 0 Å². The topological polar surface area (TPSA) is 49.4 Å². The van der Waals surface area contributed by atoms with Crippen LogP contribution < -0.4 is 5.32 Å². The van der Waals surface area contributed by atoms with Gasteiger partial charge in [0, 0.05) is 4.88 Å². The summed E-state index contributed by atoms with van der Waals surface area (Å²) in [5, 5.41) is 4.93. The number of aryl methyl sites for hydroxylation is 1. The number of nitrogens with zero attached hydrogens (tertiary/aromatic N) is 1. The number of piperazine rings is 1. The maximum Gasteiger partial charge on any atom is 0.246 e. The highest BCUT2D eigenvalue weighted by Gasteiger charge is 2.40. The van der Waals surface area contributed by atoms with Crippen LogP contribution in [0.1, 0.15) is 44.6 Å². The molecule has 0 aliphatic carbocycles. The Bertz CT molecular complexity index is 526. The molecule has 116 valence electrons. The molecule has 1 aromatic rings. The minimum atomic E-state index is -0.399. The van der Waals surface area contributed by atoms with Crippen LogP contribution >= 0.6 is 11.3 Å². The van der Waals surface area contributed by atoms with Crippen molar-refractivity contribution < 1.29 is 9.59 Å². The molecule has 1 N–H and O–H groups in total. The fourth-order valence-corrected chi connectivity index (χ4v) is 3.63. The third kappa shape index (κ3) is 3.12. The first-order chi connectivity index (χ1) is 9.99. The molecule has 2 heterocycles. The maximum atomic E-state index is 12.7. The van der Waals surface area contributed by atoms with Crippen molar-refractivity contribution in [2.75, 3.05) is 0 Å². The predicted molar refractivity (Wildman–Crippen MR) is 85.1 cm³/mol. The van der Waals surface area contributed by atoms with E-state index in [9.17, 15) is 9.59 Å². The van der Waals surface area contributed by atoms with Crippen LogP contribution in [0.2, 0.25) is 0 Å². The number of thiophene rings is 1. The molecule has 3 unspecified atom stereocenters. The quantitative estimate of drug-likeness (QED) is 0.909. The van der Waals surface area contributed by atoms with Gasteiger partial charge in [-0.15, -0.1) is 11.3 Å². The molecule has 1 saturated heterocycles. The number of hydrogen-bond donors (Lipinski definition) is 1. The summed E-state index contributed by atoms with van der Waals surface area (Å²) >= 11 is 1.66. The van der Waals surface area contributed by atoms with E-state index in [1.807, 2.05) is 13.8 Å². The number of hydrogen-bond acceptors (Lipinski definition) is 3. The van der Waals surface area contributed by atoms with E-state index in [0.717, 1.165) is 12.8 Å². The Balaban J connectivity index is 2.23. The highest BCUT2D eigenvalue weighted by atomic mass is 32.1. The lowest BCUT2D eigenvalue weighted by molar-refractivity contribution is -0.150. The molecule has 2 rings (SSSR count). The normalized spacial score (nSPS) is 24.1. The molecule has 4 nitrogen and oxygen atoms in total. The van der Waals surface area contributed by atoms with Gasteiger partial charge in [-0.25, -0.2) is 0 Å². The first kappa shape index (κ1) is 16.0. The van der Waals surface area contributed by atoms with E-state index < -0.39 is 6.04 Å². The Hall–Kier alpha value is -1.36. The number of amides is 2. The molecule has 2 amide bonds. The van der Waals surface area contributed by atoms with E-state index in [1.165, 1.54) is 10.4 Å². The Morgan fingerprint density at radius 1 is 1.38 bits per heavy atom. The molecule has 0 radical (unpaired) electrons. The molecule has 1 aromatic heterocycles. The number of carbonyl (C=O) groups is 2. The van der Waals surface area contributed by atoms with Gasteiger partial charge in [0.15, 0.2) is 0 Å². The van der Waals surface area contributed by atoms with Crippen molar-refractivity contribution in [3.63, 3.8) is 0 Å². The molecule has 0 spiro atoms. The predicted octanol–water partition coefficient (Wildman–Crippen LogP) is 2.57. The average molecular weight is 308 g/mol. The van der Waals surface area contributed by atoms with Crippen molar-refractivity contribution in [1.29, 1.82) is 0 Å². The van der Waals surface area contributed by atoms with Crippen LogP contribution in [0, 0.1) is 5.92 Å².